The molecule has 40 heavy (non-hydrogen) atoms. The highest BCUT2D eigenvalue weighted by atomic mass is 16.5. The molecule has 212 valence electrons. The number of nitrogens with one attached hydrogen (secondary N) is 3. The topological polar surface area (TPSA) is 160 Å². The number of alkyl carbamates (subject to hydrolysis) is 1. The number of amides is 3. The largest absolute Gasteiger partial charge is 0.488 e. The van der Waals surface area contributed by atoms with E-state index in [9.17, 15) is 29.1 Å². The van der Waals surface area contributed by atoms with Crippen LogP contribution in [0.1, 0.15) is 31.4 Å². The van der Waals surface area contributed by atoms with Gasteiger partial charge in [-0.15, -0.1) is 0 Å². The summed E-state index contributed by atoms with van der Waals surface area (Å²) in [7, 11) is 0. The van der Waals surface area contributed by atoms with E-state index in [0.29, 0.717) is 12.0 Å². The van der Waals surface area contributed by atoms with E-state index in [1.807, 2.05) is 36.4 Å². The number of carbonyl (C=O) groups is 5. The number of aliphatic carboxylic acids is 1. The lowest BCUT2D eigenvalue weighted by molar-refractivity contribution is -0.141. The third-order valence-corrected chi connectivity index (χ3v) is 6.15. The molecule has 3 rings (SSSR count). The normalized spacial score (nSPS) is 14.2. The summed E-state index contributed by atoms with van der Waals surface area (Å²) >= 11 is 0. The lowest BCUT2D eigenvalue weighted by Crippen LogP contribution is -2.54. The zero-order valence-electron chi connectivity index (χ0n) is 22.3. The fourth-order valence-electron chi connectivity index (χ4n) is 3.98. The molecule has 0 bridgehead atoms. The second-order valence-electron chi connectivity index (χ2n) is 9.59. The highest BCUT2D eigenvalue weighted by molar-refractivity contribution is 5.97. The van der Waals surface area contributed by atoms with Gasteiger partial charge in [-0.3, -0.25) is 19.2 Å². The van der Waals surface area contributed by atoms with Gasteiger partial charge in [0.1, 0.15) is 31.1 Å². The summed E-state index contributed by atoms with van der Waals surface area (Å²) in [4.78, 5) is 62.1. The fourth-order valence-corrected chi connectivity index (χ4v) is 3.98. The van der Waals surface area contributed by atoms with Crippen molar-refractivity contribution >= 4 is 29.7 Å². The Morgan fingerprint density at radius 1 is 0.950 bits per heavy atom. The molecule has 0 radical (unpaired) electrons. The van der Waals surface area contributed by atoms with Crippen LogP contribution < -0.4 is 16.0 Å². The Balaban J connectivity index is 1.62. The summed E-state index contributed by atoms with van der Waals surface area (Å²) in [6.07, 6.45) is -1.23. The van der Waals surface area contributed by atoms with Gasteiger partial charge in [-0.05, 0) is 17.0 Å². The Morgan fingerprint density at radius 2 is 1.57 bits per heavy atom. The van der Waals surface area contributed by atoms with Crippen LogP contribution in [0.4, 0.5) is 4.79 Å². The molecule has 1 aliphatic rings. The Hall–Kier alpha value is -4.67. The predicted molar refractivity (Wildman–Crippen MR) is 144 cm³/mol. The maximum absolute atomic E-state index is 13.0. The van der Waals surface area contributed by atoms with Crippen molar-refractivity contribution in [2.24, 2.45) is 5.92 Å². The molecule has 11 nitrogen and oxygen atoms in total. The van der Waals surface area contributed by atoms with Gasteiger partial charge in [0.05, 0.1) is 18.5 Å². The number of ketones is 1. The van der Waals surface area contributed by atoms with Crippen molar-refractivity contribution in [3.05, 3.63) is 83.1 Å². The third kappa shape index (κ3) is 8.97. The van der Waals surface area contributed by atoms with Crippen LogP contribution in [0.25, 0.3) is 0 Å². The van der Waals surface area contributed by atoms with E-state index in [0.717, 1.165) is 11.1 Å². The average molecular weight is 552 g/mol. The van der Waals surface area contributed by atoms with Gasteiger partial charge in [-0.25, -0.2) is 4.79 Å². The predicted octanol–water partition coefficient (Wildman–Crippen LogP) is 2.11. The van der Waals surface area contributed by atoms with E-state index in [4.69, 9.17) is 9.47 Å². The second kappa shape index (κ2) is 14.5. The molecule has 0 aliphatic carbocycles. The molecule has 1 heterocycles. The summed E-state index contributed by atoms with van der Waals surface area (Å²) in [6, 6.07) is 15.7. The number of hydrogen-bond acceptors (Lipinski definition) is 7. The molecule has 11 heteroatoms. The first-order valence-electron chi connectivity index (χ1n) is 12.8. The number of rotatable bonds is 14. The van der Waals surface area contributed by atoms with Gasteiger partial charge < -0.3 is 30.5 Å². The molecular weight excluding hydrogens is 518 g/mol. The first-order valence-corrected chi connectivity index (χ1v) is 12.8. The minimum absolute atomic E-state index is 0.00393. The number of benzene rings is 2. The van der Waals surface area contributed by atoms with Gasteiger partial charge in [0.25, 0.3) is 5.91 Å². The van der Waals surface area contributed by atoms with Gasteiger partial charge >= 0.3 is 12.1 Å². The average Bonchev–Trinajstić information content (AvgIpc) is 3.28. The van der Waals surface area contributed by atoms with Crippen molar-refractivity contribution in [3.8, 4) is 0 Å². The van der Waals surface area contributed by atoms with Crippen LogP contribution in [0.2, 0.25) is 0 Å². The van der Waals surface area contributed by atoms with Gasteiger partial charge in [0.15, 0.2) is 5.78 Å². The Bertz CT molecular complexity index is 1240. The van der Waals surface area contributed by atoms with Gasteiger partial charge in [-0.1, -0.05) is 74.5 Å². The number of carbonyl (C=O) groups excluding carboxylic acids is 4. The third-order valence-electron chi connectivity index (χ3n) is 6.15. The van der Waals surface area contributed by atoms with Crippen LogP contribution >= 0.6 is 0 Å². The SMILES string of the molecule is CC(C)[C@H](NC(=O)OCc1ccccc1)C(=O)N[C@@H](CC(=O)O)C(=O)COC1=C(Cc2ccccc2)C(=O)NC1. The first kappa shape index (κ1) is 29.9. The number of hydrogen-bond donors (Lipinski definition) is 4. The molecule has 2 aromatic rings. The van der Waals surface area contributed by atoms with Crippen molar-refractivity contribution in [3.63, 3.8) is 0 Å². The lowest BCUT2D eigenvalue weighted by atomic mass is 10.0. The second-order valence-corrected chi connectivity index (χ2v) is 9.59. The van der Waals surface area contributed by atoms with Crippen molar-refractivity contribution in [1.82, 2.24) is 16.0 Å². The summed E-state index contributed by atoms with van der Waals surface area (Å²) in [5.41, 5.74) is 2.01. The molecule has 0 saturated heterocycles. The van der Waals surface area contributed by atoms with Crippen molar-refractivity contribution in [2.75, 3.05) is 13.2 Å². The molecular formula is C29H33N3O8. The molecule has 2 aromatic carbocycles. The molecule has 0 aromatic heterocycles. The smallest absolute Gasteiger partial charge is 0.408 e. The highest BCUT2D eigenvalue weighted by Gasteiger charge is 2.31. The quantitative estimate of drug-likeness (QED) is 0.278. The minimum Gasteiger partial charge on any atom is -0.488 e. The van der Waals surface area contributed by atoms with Crippen LogP contribution in [-0.2, 0) is 41.7 Å². The monoisotopic (exact) mass is 551 g/mol. The molecule has 0 spiro atoms. The molecule has 0 saturated carbocycles. The zero-order valence-corrected chi connectivity index (χ0v) is 22.3. The van der Waals surface area contributed by atoms with E-state index in [2.05, 4.69) is 16.0 Å². The molecule has 0 unspecified atom stereocenters. The molecule has 4 N–H and O–H groups in total. The minimum atomic E-state index is -1.42. The van der Waals surface area contributed by atoms with E-state index in [1.165, 1.54) is 0 Å². The molecule has 0 fully saturated rings. The maximum Gasteiger partial charge on any atom is 0.408 e. The molecule has 2 atom stereocenters. The van der Waals surface area contributed by atoms with E-state index in [-0.39, 0.29) is 24.8 Å². The van der Waals surface area contributed by atoms with Crippen LogP contribution in [-0.4, -0.2) is 60.0 Å². The Morgan fingerprint density at radius 3 is 2.17 bits per heavy atom. The first-order chi connectivity index (χ1) is 19.1. The van der Waals surface area contributed by atoms with Gasteiger partial charge in [0, 0.05) is 6.42 Å². The maximum atomic E-state index is 13.0. The lowest BCUT2D eigenvalue weighted by Gasteiger charge is -2.24. The van der Waals surface area contributed by atoms with Crippen molar-refractivity contribution in [1.29, 1.82) is 0 Å². The zero-order chi connectivity index (χ0) is 29.1. The van der Waals surface area contributed by atoms with E-state index in [1.54, 1.807) is 38.1 Å². The van der Waals surface area contributed by atoms with E-state index < -0.39 is 54.8 Å². The summed E-state index contributed by atoms with van der Waals surface area (Å²) in [6.45, 7) is 2.90. The number of carboxylic acids is 1. The number of carboxylic acid groups (broad SMARTS) is 1. The van der Waals surface area contributed by atoms with Crippen LogP contribution in [0.5, 0.6) is 0 Å². The van der Waals surface area contributed by atoms with Crippen LogP contribution in [0, 0.1) is 5.92 Å². The van der Waals surface area contributed by atoms with Crippen LogP contribution in [0.3, 0.4) is 0 Å². The summed E-state index contributed by atoms with van der Waals surface area (Å²) in [5.74, 6) is -3.18. The van der Waals surface area contributed by atoms with Gasteiger partial charge in [-0.2, -0.15) is 0 Å². The summed E-state index contributed by atoms with van der Waals surface area (Å²) in [5, 5.41) is 16.9. The standard InChI is InChI=1S/C29H33N3O8/c1-18(2)26(32-29(38)40-16-20-11-7-4-8-12-20)28(37)31-22(14-25(34)35)23(33)17-39-24-15-30-27(36)21(24)13-19-9-5-3-6-10-19/h3-12,18,22,26H,13-17H2,1-2H3,(H,30,36)(H,31,37)(H,32,38)(H,34,35)/t22-,26-/m0/s1. The fraction of sp³-hybridized carbons (Fsp3) is 0.345. The summed E-state index contributed by atoms with van der Waals surface area (Å²) < 4.78 is 10.8. The van der Waals surface area contributed by atoms with E-state index >= 15 is 0 Å². The van der Waals surface area contributed by atoms with Crippen LogP contribution in [0.15, 0.2) is 72.0 Å². The van der Waals surface area contributed by atoms with Gasteiger partial charge in [0.2, 0.25) is 5.91 Å². The van der Waals surface area contributed by atoms with Crippen molar-refractivity contribution in [2.45, 2.75) is 45.4 Å². The Labute approximate surface area is 231 Å². The molecule has 1 aliphatic heterocycles. The van der Waals surface area contributed by atoms with Crippen molar-refractivity contribution < 1.29 is 38.6 Å². The highest BCUT2D eigenvalue weighted by Crippen LogP contribution is 2.18. The Kier molecular flexibility index (Phi) is 10.8. The molecule has 3 amide bonds. The number of ether oxygens (including phenoxy) is 2. The number of Topliss-reactive ketones (excluding diaryl/α,β-unsaturated/α-hetero) is 1.